The van der Waals surface area contributed by atoms with Crippen molar-refractivity contribution in [2.75, 3.05) is 0 Å². The van der Waals surface area contributed by atoms with Gasteiger partial charge >= 0.3 is 5.25 Å². The van der Waals surface area contributed by atoms with Crippen molar-refractivity contribution in [1.82, 2.24) is 0 Å². The van der Waals surface area contributed by atoms with E-state index in [-0.39, 0.29) is 18.5 Å². The number of hydrogen-bond acceptors (Lipinski definition) is 4. The zero-order valence-electron chi connectivity index (χ0n) is 4.63. The molecule has 0 aromatic rings. The van der Waals surface area contributed by atoms with E-state index in [9.17, 15) is 8.78 Å². The van der Waals surface area contributed by atoms with Crippen molar-refractivity contribution in [3.63, 3.8) is 0 Å². The lowest BCUT2D eigenvalue weighted by Gasteiger charge is -2.08. The fraction of sp³-hybridized carbons (Fsp3) is 1.00. The molecule has 6 heteroatoms. The molecule has 0 aliphatic carbocycles. The molecule has 0 atom stereocenters. The van der Waals surface area contributed by atoms with Crippen LogP contribution in [0.5, 0.6) is 0 Å². The maximum absolute atomic E-state index is 12.0. The molecule has 9 heavy (non-hydrogen) atoms. The van der Waals surface area contributed by atoms with Crippen LogP contribution in [0.15, 0.2) is 0 Å². The Balaban J connectivity index is 3.33. The van der Waals surface area contributed by atoms with Crippen LogP contribution in [0.4, 0.5) is 8.78 Å². The summed E-state index contributed by atoms with van der Waals surface area (Å²) in [5.74, 6) is 0. The molecule has 3 nitrogen and oxygen atoms in total. The monoisotopic (exact) mass is 160 g/mol. The molecule has 0 aromatic carbocycles. The third-order valence-corrected chi connectivity index (χ3v) is 1.26. The smallest absolute Gasteiger partial charge is 0.220 e. The van der Waals surface area contributed by atoms with Crippen molar-refractivity contribution < 1.29 is 23.4 Å². The van der Waals surface area contributed by atoms with Gasteiger partial charge in [-0.1, -0.05) is 12.0 Å². The molecule has 0 aromatic heterocycles. The summed E-state index contributed by atoms with van der Waals surface area (Å²) in [6, 6.07) is 0. The van der Waals surface area contributed by atoms with Gasteiger partial charge in [-0.3, -0.25) is 0 Å². The highest BCUT2D eigenvalue weighted by atomic mass is 32.2. The molecule has 0 rings (SSSR count). The predicted molar refractivity (Wildman–Crippen MR) is 27.6 cm³/mol. The lowest BCUT2D eigenvalue weighted by molar-refractivity contribution is -0.433. The number of hydrogen-bond donors (Lipinski definition) is 1. The predicted octanol–water partition coefficient (Wildman–Crippen LogP) is 2.06. The minimum Gasteiger partial charge on any atom is -0.220 e. The molecule has 0 heterocycles. The minimum atomic E-state index is -3.00. The molecule has 0 unspecified atom stereocenters. The zero-order chi connectivity index (χ0) is 7.33. The van der Waals surface area contributed by atoms with Gasteiger partial charge in [0.1, 0.15) is 12.0 Å². The van der Waals surface area contributed by atoms with Gasteiger partial charge in [0, 0.05) is 6.42 Å². The Morgan fingerprint density at radius 3 is 2.56 bits per heavy atom. The Hall–Kier alpha value is 0.0900. The van der Waals surface area contributed by atoms with Crippen LogP contribution >= 0.6 is 12.0 Å². The molecular formula is C3H6F2O3S. The summed E-state index contributed by atoms with van der Waals surface area (Å²) in [5.41, 5.74) is 0. The van der Waals surface area contributed by atoms with Crippen LogP contribution in [-0.2, 0) is 9.37 Å². The largest absolute Gasteiger partial charge is 0.320 e. The third kappa shape index (κ3) is 4.58. The van der Waals surface area contributed by atoms with E-state index in [4.69, 9.17) is 5.26 Å². The van der Waals surface area contributed by atoms with E-state index in [1.54, 1.807) is 0 Å². The molecule has 0 aliphatic rings. The molecule has 0 fully saturated rings. The van der Waals surface area contributed by atoms with Crippen LogP contribution in [0, 0.1) is 0 Å². The average molecular weight is 160 g/mol. The highest BCUT2D eigenvalue weighted by Gasteiger charge is 2.29. The molecule has 0 bridgehead atoms. The van der Waals surface area contributed by atoms with E-state index < -0.39 is 5.25 Å². The van der Waals surface area contributed by atoms with Crippen molar-refractivity contribution in [1.29, 1.82) is 0 Å². The van der Waals surface area contributed by atoms with Gasteiger partial charge in [-0.15, -0.1) is 4.33 Å². The lowest BCUT2D eigenvalue weighted by Crippen LogP contribution is -2.08. The van der Waals surface area contributed by atoms with Crippen LogP contribution in [0.25, 0.3) is 0 Å². The van der Waals surface area contributed by atoms with Crippen molar-refractivity contribution in [2.45, 2.75) is 18.6 Å². The topological polar surface area (TPSA) is 38.7 Å². The van der Waals surface area contributed by atoms with E-state index in [0.29, 0.717) is 0 Å². The van der Waals surface area contributed by atoms with Crippen molar-refractivity contribution in [2.24, 2.45) is 0 Å². The molecule has 0 amide bonds. The first-order valence-electron chi connectivity index (χ1n) is 2.16. The van der Waals surface area contributed by atoms with Crippen LogP contribution in [0.1, 0.15) is 13.3 Å². The van der Waals surface area contributed by atoms with Gasteiger partial charge < -0.3 is 0 Å². The first kappa shape index (κ1) is 9.09. The number of alkyl halides is 2. The van der Waals surface area contributed by atoms with Gasteiger partial charge in [-0.05, 0) is 0 Å². The zero-order valence-corrected chi connectivity index (χ0v) is 5.45. The second-order valence-electron chi connectivity index (χ2n) is 1.22. The summed E-state index contributed by atoms with van der Waals surface area (Å²) in [4.78, 5) is 0. The van der Waals surface area contributed by atoms with Crippen molar-refractivity contribution in [3.05, 3.63) is 0 Å². The average Bonchev–Trinajstić information content (AvgIpc) is 1.84. The van der Waals surface area contributed by atoms with Crippen LogP contribution in [0.3, 0.4) is 0 Å². The maximum Gasteiger partial charge on any atom is 0.320 e. The van der Waals surface area contributed by atoms with Gasteiger partial charge in [0.25, 0.3) is 0 Å². The van der Waals surface area contributed by atoms with E-state index >= 15 is 0 Å². The molecule has 0 saturated carbocycles. The van der Waals surface area contributed by atoms with Crippen LogP contribution in [0.2, 0.25) is 0 Å². The summed E-state index contributed by atoms with van der Waals surface area (Å²) in [6.07, 6.45) is -0.374. The normalized spacial score (nSPS) is 12.0. The molecule has 1 N–H and O–H groups in total. The third-order valence-electron chi connectivity index (χ3n) is 0.598. The van der Waals surface area contributed by atoms with Gasteiger partial charge in [-0.25, -0.2) is 5.26 Å². The summed E-state index contributed by atoms with van der Waals surface area (Å²) >= 11 is -0.227. The summed E-state index contributed by atoms with van der Waals surface area (Å²) in [6.45, 7) is 1.29. The Kier molecular flexibility index (Phi) is 4.03. The number of rotatable bonds is 4. The van der Waals surface area contributed by atoms with E-state index in [1.807, 2.05) is 0 Å². The Morgan fingerprint density at radius 2 is 2.22 bits per heavy atom. The van der Waals surface area contributed by atoms with Crippen molar-refractivity contribution >= 4 is 12.0 Å². The fourth-order valence-corrected chi connectivity index (χ4v) is 0.372. The molecule has 0 spiro atoms. The van der Waals surface area contributed by atoms with Crippen LogP contribution < -0.4 is 0 Å². The maximum atomic E-state index is 12.0. The lowest BCUT2D eigenvalue weighted by atomic mass is 10.5. The summed E-state index contributed by atoms with van der Waals surface area (Å²) in [5, 5.41) is 7.41. The molecular weight excluding hydrogens is 154 g/mol. The van der Waals surface area contributed by atoms with E-state index in [1.165, 1.54) is 6.92 Å². The molecule has 0 radical (unpaired) electrons. The van der Waals surface area contributed by atoms with Crippen molar-refractivity contribution in [3.8, 4) is 0 Å². The molecule has 56 valence electrons. The SMILES string of the molecule is CCC(F)(F)SOOO. The van der Waals surface area contributed by atoms with Gasteiger partial charge in [0.05, 0.1) is 0 Å². The molecule has 0 saturated heterocycles. The molecule has 0 aliphatic heterocycles. The highest BCUT2D eigenvalue weighted by molar-refractivity contribution is 7.95. The standard InChI is InChI=1S/C3H6F2O3S/c1-2-3(4,5)9-8-7-6/h6H,2H2,1H3. The first-order valence-corrected chi connectivity index (χ1v) is 2.90. The van der Waals surface area contributed by atoms with Gasteiger partial charge in [-0.2, -0.15) is 8.78 Å². The van der Waals surface area contributed by atoms with E-state index in [2.05, 4.69) is 9.37 Å². The highest BCUT2D eigenvalue weighted by Crippen LogP contribution is 2.32. The van der Waals surface area contributed by atoms with Crippen LogP contribution in [-0.4, -0.2) is 10.5 Å². The van der Waals surface area contributed by atoms with Gasteiger partial charge in [0.15, 0.2) is 0 Å². The van der Waals surface area contributed by atoms with E-state index in [0.717, 1.165) is 0 Å². The Bertz CT molecular complexity index is 79.5. The second-order valence-corrected chi connectivity index (χ2v) is 2.12. The Labute approximate surface area is 55.0 Å². The second kappa shape index (κ2) is 3.99. The first-order chi connectivity index (χ1) is 4.12. The summed E-state index contributed by atoms with van der Waals surface area (Å²) in [7, 11) is 0. The summed E-state index contributed by atoms with van der Waals surface area (Å²) < 4.78 is 27.5. The quantitative estimate of drug-likeness (QED) is 0.388. The Morgan fingerprint density at radius 1 is 1.67 bits per heavy atom. The fourth-order valence-electron chi connectivity index (χ4n) is 0.124. The minimum absolute atomic E-state index is 0.227. The number of halogens is 2. The van der Waals surface area contributed by atoms with Gasteiger partial charge in [0.2, 0.25) is 0 Å².